The van der Waals surface area contributed by atoms with E-state index in [-0.39, 0.29) is 17.8 Å². The standard InChI is InChI=1S/C17H17ClF4N4/c1-25(16-23-7-5-15(24-16)17(20,21)22)11-6-8-26(9-11)10-12-13(18)3-2-4-14(12)19/h2-5,7,11H,6,8-10H2,1H3. The molecule has 2 aromatic rings. The number of hydrogen-bond donors (Lipinski definition) is 0. The summed E-state index contributed by atoms with van der Waals surface area (Å²) in [6.07, 6.45) is -2.70. The molecule has 2 heterocycles. The number of halogens is 5. The van der Waals surface area contributed by atoms with Gasteiger partial charge >= 0.3 is 6.18 Å². The van der Waals surface area contributed by atoms with Crippen molar-refractivity contribution >= 4 is 17.5 Å². The van der Waals surface area contributed by atoms with Crippen LogP contribution in [0.5, 0.6) is 0 Å². The summed E-state index contributed by atoms with van der Waals surface area (Å²) in [5.74, 6) is -0.342. The topological polar surface area (TPSA) is 32.3 Å². The summed E-state index contributed by atoms with van der Waals surface area (Å²) in [4.78, 5) is 11.2. The van der Waals surface area contributed by atoms with Crippen LogP contribution in [0.25, 0.3) is 0 Å². The lowest BCUT2D eigenvalue weighted by molar-refractivity contribution is -0.141. The van der Waals surface area contributed by atoms with E-state index in [0.29, 0.717) is 36.6 Å². The number of rotatable bonds is 4. The fourth-order valence-electron chi connectivity index (χ4n) is 3.02. The molecular weight excluding hydrogens is 372 g/mol. The fraction of sp³-hybridized carbons (Fsp3) is 0.412. The molecule has 1 saturated heterocycles. The Kier molecular flexibility index (Phi) is 5.34. The molecule has 0 N–H and O–H groups in total. The number of alkyl halides is 3. The number of aromatic nitrogens is 2. The summed E-state index contributed by atoms with van der Waals surface area (Å²) in [7, 11) is 1.67. The predicted octanol–water partition coefficient (Wildman–Crippen LogP) is 4.00. The molecule has 1 aliphatic heterocycles. The van der Waals surface area contributed by atoms with E-state index >= 15 is 0 Å². The van der Waals surface area contributed by atoms with E-state index in [1.807, 2.05) is 4.90 Å². The minimum Gasteiger partial charge on any atom is -0.340 e. The molecule has 1 aliphatic rings. The predicted molar refractivity (Wildman–Crippen MR) is 90.5 cm³/mol. The van der Waals surface area contributed by atoms with Crippen molar-refractivity contribution in [2.75, 3.05) is 25.0 Å². The van der Waals surface area contributed by atoms with Crippen LogP contribution in [0, 0.1) is 5.82 Å². The zero-order chi connectivity index (χ0) is 18.9. The maximum atomic E-state index is 13.9. The molecule has 1 atom stereocenters. The average Bonchev–Trinajstić information content (AvgIpc) is 3.06. The van der Waals surface area contributed by atoms with Crippen molar-refractivity contribution in [3.05, 3.63) is 52.6 Å². The Bertz CT molecular complexity index is 763. The number of likely N-dealkylation sites (N-methyl/N-ethyl adjacent to an activating group) is 1. The quantitative estimate of drug-likeness (QED) is 0.741. The van der Waals surface area contributed by atoms with Crippen molar-refractivity contribution in [1.29, 1.82) is 0 Å². The Morgan fingerprint density at radius 1 is 1.31 bits per heavy atom. The van der Waals surface area contributed by atoms with Gasteiger partial charge in [-0.05, 0) is 24.6 Å². The van der Waals surface area contributed by atoms with Crippen molar-refractivity contribution in [1.82, 2.24) is 14.9 Å². The Balaban J connectivity index is 1.69. The maximum Gasteiger partial charge on any atom is 0.433 e. The number of likely N-dealkylation sites (tertiary alicyclic amines) is 1. The molecule has 0 bridgehead atoms. The van der Waals surface area contributed by atoms with E-state index in [9.17, 15) is 17.6 Å². The third-order valence-electron chi connectivity index (χ3n) is 4.49. The lowest BCUT2D eigenvalue weighted by Gasteiger charge is -2.25. The molecule has 1 unspecified atom stereocenters. The van der Waals surface area contributed by atoms with Gasteiger partial charge in [0.1, 0.15) is 11.5 Å². The second-order valence-electron chi connectivity index (χ2n) is 6.23. The molecular formula is C17H17ClF4N4. The summed E-state index contributed by atoms with van der Waals surface area (Å²) >= 11 is 6.06. The van der Waals surface area contributed by atoms with Gasteiger partial charge in [-0.1, -0.05) is 17.7 Å². The van der Waals surface area contributed by atoms with Crippen LogP contribution in [0.3, 0.4) is 0 Å². The molecule has 9 heteroatoms. The molecule has 1 aromatic carbocycles. The Labute approximate surface area is 153 Å². The normalized spacial score (nSPS) is 18.3. The molecule has 3 rings (SSSR count). The Morgan fingerprint density at radius 3 is 2.77 bits per heavy atom. The maximum absolute atomic E-state index is 13.9. The molecule has 1 fully saturated rings. The van der Waals surface area contributed by atoms with E-state index < -0.39 is 11.9 Å². The van der Waals surface area contributed by atoms with Crippen LogP contribution in [0.15, 0.2) is 30.5 Å². The van der Waals surface area contributed by atoms with Gasteiger partial charge in [0.05, 0.1) is 0 Å². The van der Waals surface area contributed by atoms with Crippen LogP contribution in [0.1, 0.15) is 17.7 Å². The third kappa shape index (κ3) is 4.07. The van der Waals surface area contributed by atoms with Crippen LogP contribution in [-0.4, -0.2) is 41.0 Å². The first-order chi connectivity index (χ1) is 12.3. The summed E-state index contributed by atoms with van der Waals surface area (Å²) in [6, 6.07) is 5.32. The molecule has 0 saturated carbocycles. The van der Waals surface area contributed by atoms with Gasteiger partial charge in [-0.2, -0.15) is 13.2 Å². The van der Waals surface area contributed by atoms with Gasteiger partial charge in [0.2, 0.25) is 5.95 Å². The number of benzene rings is 1. The Morgan fingerprint density at radius 2 is 2.08 bits per heavy atom. The van der Waals surface area contributed by atoms with Gasteiger partial charge in [0.25, 0.3) is 0 Å². The van der Waals surface area contributed by atoms with E-state index in [2.05, 4.69) is 9.97 Å². The van der Waals surface area contributed by atoms with Gasteiger partial charge in [0, 0.05) is 49.5 Å². The highest BCUT2D eigenvalue weighted by molar-refractivity contribution is 6.31. The van der Waals surface area contributed by atoms with Crippen LogP contribution in [-0.2, 0) is 12.7 Å². The second kappa shape index (κ2) is 7.36. The van der Waals surface area contributed by atoms with Crippen molar-refractivity contribution in [3.8, 4) is 0 Å². The van der Waals surface area contributed by atoms with Crippen molar-refractivity contribution < 1.29 is 17.6 Å². The summed E-state index contributed by atoms with van der Waals surface area (Å²) in [6.45, 7) is 1.58. The monoisotopic (exact) mass is 388 g/mol. The summed E-state index contributed by atoms with van der Waals surface area (Å²) in [5.41, 5.74) is -0.546. The third-order valence-corrected chi connectivity index (χ3v) is 4.84. The summed E-state index contributed by atoms with van der Waals surface area (Å²) in [5, 5.41) is 0.364. The van der Waals surface area contributed by atoms with Gasteiger partial charge in [-0.15, -0.1) is 0 Å². The lowest BCUT2D eigenvalue weighted by atomic mass is 10.2. The molecule has 0 radical (unpaired) electrons. The molecule has 4 nitrogen and oxygen atoms in total. The number of anilines is 1. The van der Waals surface area contributed by atoms with Crippen LogP contribution in [0.4, 0.5) is 23.5 Å². The minimum atomic E-state index is -4.51. The van der Waals surface area contributed by atoms with E-state index in [0.717, 1.165) is 12.3 Å². The number of nitrogens with zero attached hydrogens (tertiary/aromatic N) is 4. The largest absolute Gasteiger partial charge is 0.433 e. The van der Waals surface area contributed by atoms with Crippen molar-refractivity contribution in [2.45, 2.75) is 25.2 Å². The van der Waals surface area contributed by atoms with Gasteiger partial charge in [-0.25, -0.2) is 14.4 Å². The number of hydrogen-bond acceptors (Lipinski definition) is 4. The first-order valence-corrected chi connectivity index (χ1v) is 8.42. The zero-order valence-electron chi connectivity index (χ0n) is 14.0. The highest BCUT2D eigenvalue weighted by atomic mass is 35.5. The van der Waals surface area contributed by atoms with Crippen LogP contribution >= 0.6 is 11.6 Å². The molecule has 140 valence electrons. The lowest BCUT2D eigenvalue weighted by Crippen LogP contribution is -2.36. The van der Waals surface area contributed by atoms with Gasteiger partial charge < -0.3 is 4.90 Å². The van der Waals surface area contributed by atoms with E-state index in [1.54, 1.807) is 24.1 Å². The Hall–Kier alpha value is -1.93. The van der Waals surface area contributed by atoms with Crippen LogP contribution in [0.2, 0.25) is 5.02 Å². The molecule has 0 spiro atoms. The SMILES string of the molecule is CN(c1nccc(C(F)(F)F)n1)C1CCN(Cc2c(F)cccc2Cl)C1. The highest BCUT2D eigenvalue weighted by Gasteiger charge is 2.34. The van der Waals surface area contributed by atoms with Gasteiger partial charge in [-0.3, -0.25) is 4.90 Å². The van der Waals surface area contributed by atoms with E-state index in [1.165, 1.54) is 6.07 Å². The molecule has 0 amide bonds. The van der Waals surface area contributed by atoms with Crippen LogP contribution < -0.4 is 4.90 Å². The van der Waals surface area contributed by atoms with Crippen molar-refractivity contribution in [3.63, 3.8) is 0 Å². The summed E-state index contributed by atoms with van der Waals surface area (Å²) < 4.78 is 52.4. The molecule has 26 heavy (non-hydrogen) atoms. The minimum absolute atomic E-state index is 0.0237. The molecule has 1 aromatic heterocycles. The zero-order valence-corrected chi connectivity index (χ0v) is 14.7. The van der Waals surface area contributed by atoms with Gasteiger partial charge in [0.15, 0.2) is 0 Å². The first-order valence-electron chi connectivity index (χ1n) is 8.04. The van der Waals surface area contributed by atoms with Crippen molar-refractivity contribution in [2.24, 2.45) is 0 Å². The van der Waals surface area contributed by atoms with E-state index in [4.69, 9.17) is 11.6 Å². The molecule has 0 aliphatic carbocycles. The first kappa shape index (κ1) is 18.8. The second-order valence-corrected chi connectivity index (χ2v) is 6.64. The fourth-order valence-corrected chi connectivity index (χ4v) is 3.24. The highest BCUT2D eigenvalue weighted by Crippen LogP contribution is 2.29. The average molecular weight is 389 g/mol. The smallest absolute Gasteiger partial charge is 0.340 e.